The number of aromatic nitrogens is 1. The molecule has 0 fully saturated rings. The van der Waals surface area contributed by atoms with Crippen LogP contribution in [0.25, 0.3) is 0 Å². The van der Waals surface area contributed by atoms with E-state index in [2.05, 4.69) is 15.8 Å². The molecule has 19 heavy (non-hydrogen) atoms. The molecule has 0 aliphatic heterocycles. The molecule has 1 heterocycles. The number of aliphatic hydroxyl groups excluding tert-OH is 1. The van der Waals surface area contributed by atoms with Gasteiger partial charge in [-0.05, 0) is 32.6 Å². The van der Waals surface area contributed by atoms with E-state index in [1.807, 2.05) is 13.8 Å². The molecule has 2 amide bonds. The number of amides is 2. The van der Waals surface area contributed by atoms with Crippen molar-refractivity contribution in [3.8, 4) is 0 Å². The molecule has 0 saturated carbocycles. The van der Waals surface area contributed by atoms with Crippen molar-refractivity contribution in [2.45, 2.75) is 47.1 Å². The maximum Gasteiger partial charge on any atom is 0.319 e. The van der Waals surface area contributed by atoms with Crippen LogP contribution in [0.5, 0.6) is 0 Å². The molecule has 6 heteroatoms. The number of aliphatic hydroxyl groups is 1. The largest absolute Gasteiger partial charge is 0.393 e. The van der Waals surface area contributed by atoms with Gasteiger partial charge in [0.2, 0.25) is 0 Å². The number of carbonyl (C=O) groups excluding carboxylic acids is 1. The van der Waals surface area contributed by atoms with Gasteiger partial charge in [-0.15, -0.1) is 0 Å². The average Bonchev–Trinajstić information content (AvgIpc) is 2.57. The fourth-order valence-corrected chi connectivity index (χ4v) is 2.01. The van der Waals surface area contributed by atoms with Crippen molar-refractivity contribution in [1.82, 2.24) is 10.5 Å². The van der Waals surface area contributed by atoms with Gasteiger partial charge in [-0.25, -0.2) is 4.79 Å². The Morgan fingerprint density at radius 3 is 2.58 bits per heavy atom. The number of nitrogens with zero attached hydrogens (tertiary/aromatic N) is 1. The summed E-state index contributed by atoms with van der Waals surface area (Å²) in [6.07, 6.45) is 0.237. The molecule has 1 atom stereocenters. The summed E-state index contributed by atoms with van der Waals surface area (Å²) in [4.78, 5) is 11.8. The average molecular weight is 269 g/mol. The van der Waals surface area contributed by atoms with E-state index in [9.17, 15) is 9.90 Å². The smallest absolute Gasteiger partial charge is 0.319 e. The lowest BCUT2D eigenvalue weighted by molar-refractivity contribution is 0.129. The van der Waals surface area contributed by atoms with E-state index in [0.717, 1.165) is 0 Å². The van der Waals surface area contributed by atoms with Gasteiger partial charge in [0.25, 0.3) is 0 Å². The molecule has 0 aromatic carbocycles. The second kappa shape index (κ2) is 6.06. The zero-order chi connectivity index (χ0) is 14.6. The van der Waals surface area contributed by atoms with Crippen molar-refractivity contribution >= 4 is 11.7 Å². The zero-order valence-corrected chi connectivity index (χ0v) is 12.2. The molecular formula is C13H23N3O3. The Kier molecular flexibility index (Phi) is 4.94. The molecule has 1 aromatic heterocycles. The van der Waals surface area contributed by atoms with Crippen molar-refractivity contribution in [2.24, 2.45) is 5.41 Å². The van der Waals surface area contributed by atoms with Gasteiger partial charge >= 0.3 is 6.03 Å². The Labute approximate surface area is 113 Å². The molecule has 1 aromatic rings. The molecule has 0 aliphatic carbocycles. The molecule has 0 spiro atoms. The summed E-state index contributed by atoms with van der Waals surface area (Å²) in [5, 5.41) is 18.7. The minimum Gasteiger partial charge on any atom is -0.393 e. The van der Waals surface area contributed by atoms with Gasteiger partial charge in [0.15, 0.2) is 5.76 Å². The third kappa shape index (κ3) is 4.90. The Morgan fingerprint density at radius 1 is 1.47 bits per heavy atom. The predicted molar refractivity (Wildman–Crippen MR) is 73.1 cm³/mol. The van der Waals surface area contributed by atoms with E-state index >= 15 is 0 Å². The van der Waals surface area contributed by atoms with E-state index in [4.69, 9.17) is 4.52 Å². The second-order valence-electron chi connectivity index (χ2n) is 5.72. The SMILES string of the molecule is Cc1noc(C)c1NC(=O)NCC(C)(C)CC(C)O. The maximum absolute atomic E-state index is 11.8. The highest BCUT2D eigenvalue weighted by Gasteiger charge is 2.21. The summed E-state index contributed by atoms with van der Waals surface area (Å²) in [5.41, 5.74) is 1.09. The topological polar surface area (TPSA) is 87.4 Å². The van der Waals surface area contributed by atoms with E-state index in [1.54, 1.807) is 20.8 Å². The highest BCUT2D eigenvalue weighted by molar-refractivity contribution is 5.90. The molecular weight excluding hydrogens is 246 g/mol. The van der Waals surface area contributed by atoms with Crippen LogP contribution >= 0.6 is 0 Å². The van der Waals surface area contributed by atoms with Crippen LogP contribution in [-0.4, -0.2) is 28.9 Å². The number of carbonyl (C=O) groups is 1. The lowest BCUT2D eigenvalue weighted by atomic mass is 9.87. The van der Waals surface area contributed by atoms with Crippen molar-refractivity contribution in [2.75, 3.05) is 11.9 Å². The fraction of sp³-hybridized carbons (Fsp3) is 0.692. The minimum absolute atomic E-state index is 0.162. The van der Waals surface area contributed by atoms with Gasteiger partial charge in [-0.1, -0.05) is 19.0 Å². The van der Waals surface area contributed by atoms with Gasteiger partial charge < -0.3 is 20.3 Å². The molecule has 0 aliphatic rings. The van der Waals surface area contributed by atoms with Gasteiger partial charge in [-0.3, -0.25) is 0 Å². The number of hydrogen-bond donors (Lipinski definition) is 3. The Balaban J connectivity index is 2.49. The number of urea groups is 1. The van der Waals surface area contributed by atoms with Crippen LogP contribution in [0.1, 0.15) is 38.6 Å². The monoisotopic (exact) mass is 269 g/mol. The maximum atomic E-state index is 11.8. The number of hydrogen-bond acceptors (Lipinski definition) is 4. The van der Waals surface area contributed by atoms with Crippen LogP contribution in [0, 0.1) is 19.3 Å². The third-order valence-corrected chi connectivity index (χ3v) is 2.85. The van der Waals surface area contributed by atoms with Crippen LogP contribution in [-0.2, 0) is 0 Å². The third-order valence-electron chi connectivity index (χ3n) is 2.85. The first kappa shape index (κ1) is 15.5. The Bertz CT molecular complexity index is 419. The molecule has 0 bridgehead atoms. The highest BCUT2D eigenvalue weighted by atomic mass is 16.5. The molecule has 108 valence electrons. The summed E-state index contributed by atoms with van der Waals surface area (Å²) < 4.78 is 4.97. The van der Waals surface area contributed by atoms with Gasteiger partial charge in [0.05, 0.1) is 6.10 Å². The van der Waals surface area contributed by atoms with E-state index in [-0.39, 0.29) is 17.6 Å². The second-order valence-corrected chi connectivity index (χ2v) is 5.72. The lowest BCUT2D eigenvalue weighted by Crippen LogP contribution is -2.38. The number of rotatable bonds is 5. The van der Waals surface area contributed by atoms with Crippen molar-refractivity contribution in [1.29, 1.82) is 0 Å². The Hall–Kier alpha value is -1.56. The summed E-state index contributed by atoms with van der Waals surface area (Å²) in [6, 6.07) is -0.298. The lowest BCUT2D eigenvalue weighted by Gasteiger charge is -2.26. The van der Waals surface area contributed by atoms with Crippen LogP contribution in [0.15, 0.2) is 4.52 Å². The van der Waals surface area contributed by atoms with E-state index in [1.165, 1.54) is 0 Å². The molecule has 1 unspecified atom stereocenters. The number of nitrogens with one attached hydrogen (secondary N) is 2. The first-order chi connectivity index (χ1) is 8.71. The fourth-order valence-electron chi connectivity index (χ4n) is 2.01. The molecule has 6 nitrogen and oxygen atoms in total. The highest BCUT2D eigenvalue weighted by Crippen LogP contribution is 2.21. The number of aryl methyl sites for hydroxylation is 2. The normalized spacial score (nSPS) is 13.2. The minimum atomic E-state index is -0.387. The first-order valence-corrected chi connectivity index (χ1v) is 6.37. The van der Waals surface area contributed by atoms with Crippen LogP contribution < -0.4 is 10.6 Å². The summed E-state index contributed by atoms with van der Waals surface area (Å²) in [5.74, 6) is 0.580. The Morgan fingerprint density at radius 2 is 2.11 bits per heavy atom. The van der Waals surface area contributed by atoms with Crippen LogP contribution in [0.3, 0.4) is 0 Å². The van der Waals surface area contributed by atoms with Crippen molar-refractivity contribution in [3.05, 3.63) is 11.5 Å². The summed E-state index contributed by atoms with van der Waals surface area (Å²) >= 11 is 0. The zero-order valence-electron chi connectivity index (χ0n) is 12.2. The van der Waals surface area contributed by atoms with Gasteiger partial charge in [0.1, 0.15) is 11.4 Å². The molecule has 3 N–H and O–H groups in total. The van der Waals surface area contributed by atoms with Crippen LogP contribution in [0.2, 0.25) is 0 Å². The molecule has 1 rings (SSSR count). The van der Waals surface area contributed by atoms with Gasteiger partial charge in [-0.2, -0.15) is 0 Å². The quantitative estimate of drug-likeness (QED) is 0.764. The van der Waals surface area contributed by atoms with E-state index in [0.29, 0.717) is 30.1 Å². The van der Waals surface area contributed by atoms with Gasteiger partial charge in [0, 0.05) is 6.54 Å². The molecule has 0 saturated heterocycles. The van der Waals surface area contributed by atoms with Crippen molar-refractivity contribution in [3.63, 3.8) is 0 Å². The number of anilines is 1. The van der Waals surface area contributed by atoms with E-state index < -0.39 is 0 Å². The summed E-state index contributed by atoms with van der Waals surface area (Å²) in [6.45, 7) is 9.72. The first-order valence-electron chi connectivity index (χ1n) is 6.37. The standard InChI is InChI=1S/C13H23N3O3/c1-8(17)6-13(4,5)7-14-12(18)15-11-9(2)16-19-10(11)3/h8,17H,6-7H2,1-5H3,(H2,14,15,18). The summed E-state index contributed by atoms with van der Waals surface area (Å²) in [7, 11) is 0. The van der Waals surface area contributed by atoms with Crippen LogP contribution in [0.4, 0.5) is 10.5 Å². The molecule has 0 radical (unpaired) electrons. The van der Waals surface area contributed by atoms with Crippen molar-refractivity contribution < 1.29 is 14.4 Å². The predicted octanol–water partition coefficient (Wildman–Crippen LogP) is 2.21.